The molecule has 0 aromatic heterocycles. The van der Waals surface area contributed by atoms with Crippen LogP contribution in [0.4, 0.5) is 14.5 Å². The smallest absolute Gasteiger partial charge is 0.307 e. The zero-order chi connectivity index (χ0) is 19.1. The monoisotopic (exact) mass is 379 g/mol. The van der Waals surface area contributed by atoms with Gasteiger partial charge in [0.2, 0.25) is 0 Å². The Balaban J connectivity index is 1.72. The van der Waals surface area contributed by atoms with Gasteiger partial charge in [0.15, 0.2) is 18.2 Å². The Bertz CT molecular complexity index is 791. The molecule has 0 aliphatic heterocycles. The van der Waals surface area contributed by atoms with E-state index in [9.17, 15) is 18.4 Å². The highest BCUT2D eigenvalue weighted by atomic mass is 32.2. The summed E-state index contributed by atoms with van der Waals surface area (Å²) in [4.78, 5) is 24.1. The number of hydrogen-bond acceptors (Lipinski definition) is 4. The van der Waals surface area contributed by atoms with Crippen LogP contribution < -0.4 is 5.32 Å². The number of carbonyl (C=O) groups excluding carboxylic acids is 2. The maximum Gasteiger partial charge on any atom is 0.307 e. The van der Waals surface area contributed by atoms with Gasteiger partial charge in [-0.1, -0.05) is 18.2 Å². The number of halogens is 2. The summed E-state index contributed by atoms with van der Waals surface area (Å²) in [5.41, 5.74) is 2.56. The maximum absolute atomic E-state index is 13.1. The fraction of sp³-hybridized carbons (Fsp3) is 0.263. The van der Waals surface area contributed by atoms with E-state index < -0.39 is 23.5 Å². The van der Waals surface area contributed by atoms with Gasteiger partial charge < -0.3 is 10.1 Å². The molecule has 1 N–H and O–H groups in total. The van der Waals surface area contributed by atoms with E-state index in [1.165, 1.54) is 17.8 Å². The molecule has 0 bridgehead atoms. The number of amides is 1. The lowest BCUT2D eigenvalue weighted by atomic mass is 10.1. The molecule has 2 aromatic rings. The number of aryl methyl sites for hydroxylation is 2. The summed E-state index contributed by atoms with van der Waals surface area (Å²) in [7, 11) is 0. The van der Waals surface area contributed by atoms with Crippen molar-refractivity contribution < 1.29 is 23.1 Å². The SMILES string of the molecule is Cc1cccc(C)c1NC(=O)COC(=O)CCSc1ccc(F)c(F)c1. The van der Waals surface area contributed by atoms with Crippen LogP contribution in [0.3, 0.4) is 0 Å². The Morgan fingerprint density at radius 1 is 1.08 bits per heavy atom. The minimum Gasteiger partial charge on any atom is -0.456 e. The summed E-state index contributed by atoms with van der Waals surface area (Å²) >= 11 is 1.20. The largest absolute Gasteiger partial charge is 0.456 e. The van der Waals surface area contributed by atoms with Crippen LogP contribution in [-0.4, -0.2) is 24.2 Å². The highest BCUT2D eigenvalue weighted by molar-refractivity contribution is 7.99. The topological polar surface area (TPSA) is 55.4 Å². The molecule has 0 atom stereocenters. The second kappa shape index (κ2) is 9.33. The summed E-state index contributed by atoms with van der Waals surface area (Å²) < 4.78 is 30.9. The number of nitrogens with one attached hydrogen (secondary N) is 1. The van der Waals surface area contributed by atoms with Gasteiger partial charge in [-0.2, -0.15) is 0 Å². The van der Waals surface area contributed by atoms with Crippen LogP contribution in [0.25, 0.3) is 0 Å². The highest BCUT2D eigenvalue weighted by Gasteiger charge is 2.11. The molecule has 2 rings (SSSR count). The van der Waals surface area contributed by atoms with Gasteiger partial charge in [0.1, 0.15) is 0 Å². The Morgan fingerprint density at radius 3 is 2.42 bits per heavy atom. The van der Waals surface area contributed by atoms with Crippen LogP contribution >= 0.6 is 11.8 Å². The zero-order valence-electron chi connectivity index (χ0n) is 14.5. The number of hydrogen-bond donors (Lipinski definition) is 1. The number of anilines is 1. The number of para-hydroxylation sites is 1. The number of benzene rings is 2. The fourth-order valence-electron chi connectivity index (χ4n) is 2.22. The van der Waals surface area contributed by atoms with Gasteiger partial charge in [-0.05, 0) is 43.2 Å². The molecule has 0 heterocycles. The molecule has 0 fully saturated rings. The van der Waals surface area contributed by atoms with Crippen molar-refractivity contribution in [2.24, 2.45) is 0 Å². The maximum atomic E-state index is 13.1. The molecule has 138 valence electrons. The molecule has 0 unspecified atom stereocenters. The molecule has 26 heavy (non-hydrogen) atoms. The average Bonchev–Trinajstić information content (AvgIpc) is 2.59. The Hall–Kier alpha value is -2.41. The van der Waals surface area contributed by atoms with Crippen LogP contribution in [0, 0.1) is 25.5 Å². The Morgan fingerprint density at radius 2 is 1.77 bits per heavy atom. The van der Waals surface area contributed by atoms with Gasteiger partial charge in [0.25, 0.3) is 5.91 Å². The lowest BCUT2D eigenvalue weighted by Gasteiger charge is -2.11. The molecule has 4 nitrogen and oxygen atoms in total. The third-order valence-corrected chi connectivity index (χ3v) is 4.57. The number of esters is 1. The highest BCUT2D eigenvalue weighted by Crippen LogP contribution is 2.21. The van der Waals surface area contributed by atoms with Crippen molar-refractivity contribution >= 4 is 29.3 Å². The minimum absolute atomic E-state index is 0.0559. The zero-order valence-corrected chi connectivity index (χ0v) is 15.3. The van der Waals surface area contributed by atoms with Crippen LogP contribution in [-0.2, 0) is 14.3 Å². The van der Waals surface area contributed by atoms with Crippen molar-refractivity contribution in [3.05, 3.63) is 59.2 Å². The van der Waals surface area contributed by atoms with E-state index in [-0.39, 0.29) is 13.0 Å². The molecule has 0 saturated carbocycles. The second-order valence-corrected chi connectivity index (χ2v) is 6.82. The summed E-state index contributed by atoms with van der Waals surface area (Å²) in [5.74, 6) is -2.45. The van der Waals surface area contributed by atoms with E-state index in [0.29, 0.717) is 16.3 Å². The lowest BCUT2D eigenvalue weighted by Crippen LogP contribution is -2.22. The number of thioether (sulfide) groups is 1. The van der Waals surface area contributed by atoms with E-state index in [1.54, 1.807) is 0 Å². The van der Waals surface area contributed by atoms with Gasteiger partial charge in [-0.15, -0.1) is 11.8 Å². The van der Waals surface area contributed by atoms with E-state index >= 15 is 0 Å². The van der Waals surface area contributed by atoms with Crippen LogP contribution in [0.15, 0.2) is 41.3 Å². The van der Waals surface area contributed by atoms with E-state index in [1.807, 2.05) is 32.0 Å². The summed E-state index contributed by atoms with van der Waals surface area (Å²) in [6, 6.07) is 9.20. The van der Waals surface area contributed by atoms with Crippen molar-refractivity contribution in [1.82, 2.24) is 0 Å². The number of ether oxygens (including phenoxy) is 1. The van der Waals surface area contributed by atoms with E-state index in [4.69, 9.17) is 4.74 Å². The average molecular weight is 379 g/mol. The Kier molecular flexibility index (Phi) is 7.15. The first-order valence-electron chi connectivity index (χ1n) is 7.96. The third kappa shape index (κ3) is 5.84. The van der Waals surface area contributed by atoms with Gasteiger partial charge in [0, 0.05) is 16.3 Å². The molecule has 2 aromatic carbocycles. The predicted molar refractivity (Wildman–Crippen MR) is 97.2 cm³/mol. The molecular weight excluding hydrogens is 360 g/mol. The molecule has 7 heteroatoms. The molecule has 0 radical (unpaired) electrons. The molecule has 1 amide bonds. The summed E-state index contributed by atoms with van der Waals surface area (Å²) in [5, 5.41) is 2.73. The van der Waals surface area contributed by atoms with E-state index in [2.05, 4.69) is 5.32 Å². The van der Waals surface area contributed by atoms with Crippen molar-refractivity contribution in [3.63, 3.8) is 0 Å². The normalized spacial score (nSPS) is 10.5. The molecular formula is C19H19F2NO3S. The summed E-state index contributed by atoms with van der Waals surface area (Å²) in [6.45, 7) is 3.39. The summed E-state index contributed by atoms with van der Waals surface area (Å²) in [6.07, 6.45) is 0.0559. The molecule has 0 aliphatic rings. The first kappa shape index (κ1) is 19.9. The van der Waals surface area contributed by atoms with Gasteiger partial charge in [0.05, 0.1) is 6.42 Å². The number of rotatable bonds is 7. The van der Waals surface area contributed by atoms with Gasteiger partial charge in [-0.25, -0.2) is 8.78 Å². The lowest BCUT2D eigenvalue weighted by molar-refractivity contribution is -0.146. The fourth-order valence-corrected chi connectivity index (χ4v) is 3.08. The van der Waals surface area contributed by atoms with E-state index in [0.717, 1.165) is 23.3 Å². The van der Waals surface area contributed by atoms with Crippen molar-refractivity contribution in [2.45, 2.75) is 25.2 Å². The first-order chi connectivity index (χ1) is 12.4. The molecule has 0 spiro atoms. The molecule has 0 aliphatic carbocycles. The number of carbonyl (C=O) groups is 2. The minimum atomic E-state index is -0.930. The van der Waals surface area contributed by atoms with Gasteiger partial charge >= 0.3 is 5.97 Å². The molecule has 0 saturated heterocycles. The first-order valence-corrected chi connectivity index (χ1v) is 8.95. The Labute approximate surface area is 154 Å². The predicted octanol–water partition coefficient (Wildman–Crippen LogP) is 4.25. The van der Waals surface area contributed by atoms with Crippen molar-refractivity contribution in [3.8, 4) is 0 Å². The quantitative estimate of drug-likeness (QED) is 0.577. The van der Waals surface area contributed by atoms with Gasteiger partial charge in [-0.3, -0.25) is 9.59 Å². The van der Waals surface area contributed by atoms with Crippen LogP contribution in [0.5, 0.6) is 0 Å². The van der Waals surface area contributed by atoms with Crippen molar-refractivity contribution in [1.29, 1.82) is 0 Å². The standard InChI is InChI=1S/C19H19F2NO3S/c1-12-4-3-5-13(2)19(12)22-17(23)11-25-18(24)8-9-26-14-6-7-15(20)16(21)10-14/h3-7,10H,8-9,11H2,1-2H3,(H,22,23). The van der Waals surface area contributed by atoms with Crippen LogP contribution in [0.2, 0.25) is 0 Å². The second-order valence-electron chi connectivity index (χ2n) is 5.65. The van der Waals surface area contributed by atoms with Crippen molar-refractivity contribution in [2.75, 3.05) is 17.7 Å². The third-order valence-electron chi connectivity index (χ3n) is 3.58. The van der Waals surface area contributed by atoms with Crippen LogP contribution in [0.1, 0.15) is 17.5 Å².